The number of hydrogen-bond acceptors (Lipinski definition) is 4. The highest BCUT2D eigenvalue weighted by molar-refractivity contribution is 6.35. The zero-order chi connectivity index (χ0) is 18.5. The van der Waals surface area contributed by atoms with Gasteiger partial charge >= 0.3 is 0 Å². The van der Waals surface area contributed by atoms with Crippen LogP contribution >= 0.6 is 23.2 Å². The normalized spacial score (nSPS) is 10.0. The average molecular weight is 383 g/mol. The third kappa shape index (κ3) is 4.51. The Hall–Kier alpha value is -3.07. The lowest BCUT2D eigenvalue weighted by molar-refractivity contribution is 0.102. The van der Waals surface area contributed by atoms with Gasteiger partial charge in [0.1, 0.15) is 5.82 Å². The molecule has 0 atom stereocenters. The quantitative estimate of drug-likeness (QED) is 0.645. The second-order valence-corrected chi connectivity index (χ2v) is 6.23. The summed E-state index contributed by atoms with van der Waals surface area (Å²) in [5.74, 6) is 0.195. The predicted octanol–water partition coefficient (Wildman–Crippen LogP) is 5.26. The number of benzene rings is 2. The summed E-state index contributed by atoms with van der Waals surface area (Å²) >= 11 is 11.9. The molecule has 0 radical (unpaired) electrons. The number of rotatable bonds is 4. The Morgan fingerprint density at radius 2 is 1.65 bits per heavy atom. The van der Waals surface area contributed by atoms with E-state index in [1.807, 2.05) is 0 Å². The van der Waals surface area contributed by atoms with E-state index >= 15 is 0 Å². The average Bonchev–Trinajstić information content (AvgIpc) is 2.62. The monoisotopic (exact) mass is 382 g/mol. The number of aromatic nitrogens is 1. The van der Waals surface area contributed by atoms with Crippen LogP contribution in [0.5, 0.6) is 0 Å². The molecule has 26 heavy (non-hydrogen) atoms. The van der Waals surface area contributed by atoms with Gasteiger partial charge < -0.3 is 10.6 Å². The minimum absolute atomic E-state index is 0.311. The number of nitrogens with one attached hydrogen (secondary N) is 2. The fourth-order valence-corrected chi connectivity index (χ4v) is 2.77. The van der Waals surface area contributed by atoms with E-state index in [1.165, 1.54) is 6.20 Å². The third-order valence-electron chi connectivity index (χ3n) is 3.43. The summed E-state index contributed by atoms with van der Waals surface area (Å²) in [6.45, 7) is 0. The van der Waals surface area contributed by atoms with Crippen molar-refractivity contribution in [3.63, 3.8) is 0 Å². The van der Waals surface area contributed by atoms with Crippen molar-refractivity contribution < 1.29 is 4.79 Å². The highest BCUT2D eigenvalue weighted by Gasteiger charge is 2.09. The van der Waals surface area contributed by atoms with E-state index in [4.69, 9.17) is 28.5 Å². The van der Waals surface area contributed by atoms with E-state index in [-0.39, 0.29) is 5.91 Å². The predicted molar refractivity (Wildman–Crippen MR) is 103 cm³/mol. The molecule has 5 nitrogen and oxygen atoms in total. The maximum Gasteiger partial charge on any atom is 0.255 e. The van der Waals surface area contributed by atoms with Crippen LogP contribution < -0.4 is 10.6 Å². The largest absolute Gasteiger partial charge is 0.340 e. The molecule has 0 aliphatic carbocycles. The first-order valence-electron chi connectivity index (χ1n) is 7.54. The zero-order valence-corrected chi connectivity index (χ0v) is 14.8. The molecule has 1 heterocycles. The van der Waals surface area contributed by atoms with Crippen molar-refractivity contribution in [3.8, 4) is 6.07 Å². The minimum Gasteiger partial charge on any atom is -0.340 e. The van der Waals surface area contributed by atoms with Crippen molar-refractivity contribution >= 4 is 46.3 Å². The van der Waals surface area contributed by atoms with Gasteiger partial charge in [0.25, 0.3) is 5.91 Å². The maximum absolute atomic E-state index is 12.4. The standard InChI is InChI=1S/C19H12Cl2N4O/c20-14-8-15(21)10-17(9-14)25-19(26)13-5-6-23-18(7-13)24-16-3-1-12(11-22)2-4-16/h1-10H,(H,23,24)(H,25,26). The number of carbonyl (C=O) groups is 1. The zero-order valence-electron chi connectivity index (χ0n) is 13.3. The van der Waals surface area contributed by atoms with E-state index in [0.717, 1.165) is 5.69 Å². The molecule has 2 aromatic carbocycles. The van der Waals surface area contributed by atoms with Crippen LogP contribution in [0.3, 0.4) is 0 Å². The number of amides is 1. The summed E-state index contributed by atoms with van der Waals surface area (Å²) in [6.07, 6.45) is 1.53. The Kier molecular flexibility index (Phi) is 5.37. The van der Waals surface area contributed by atoms with Gasteiger partial charge in [-0.2, -0.15) is 5.26 Å². The van der Waals surface area contributed by atoms with Gasteiger partial charge in [0, 0.05) is 33.2 Å². The van der Waals surface area contributed by atoms with E-state index in [1.54, 1.807) is 54.6 Å². The van der Waals surface area contributed by atoms with E-state index < -0.39 is 0 Å². The second-order valence-electron chi connectivity index (χ2n) is 5.36. The lowest BCUT2D eigenvalue weighted by Gasteiger charge is -2.09. The summed E-state index contributed by atoms with van der Waals surface area (Å²) in [6, 6.07) is 17.0. The molecule has 1 aromatic heterocycles. The molecule has 7 heteroatoms. The summed E-state index contributed by atoms with van der Waals surface area (Å²) in [5, 5.41) is 15.5. The Labute approximate surface area is 160 Å². The maximum atomic E-state index is 12.4. The molecule has 0 bridgehead atoms. The topological polar surface area (TPSA) is 77.8 Å². The number of halogens is 2. The number of nitriles is 1. The van der Waals surface area contributed by atoms with E-state index in [0.29, 0.717) is 32.7 Å². The number of carbonyl (C=O) groups excluding carboxylic acids is 1. The van der Waals surface area contributed by atoms with Crippen molar-refractivity contribution in [1.29, 1.82) is 5.26 Å². The smallest absolute Gasteiger partial charge is 0.255 e. The van der Waals surface area contributed by atoms with Crippen molar-refractivity contribution in [3.05, 3.63) is 82.0 Å². The molecular formula is C19H12Cl2N4O. The van der Waals surface area contributed by atoms with Crippen molar-refractivity contribution in [2.75, 3.05) is 10.6 Å². The van der Waals surface area contributed by atoms with Crippen LogP contribution in [0.2, 0.25) is 10.0 Å². The van der Waals surface area contributed by atoms with Crippen molar-refractivity contribution in [2.45, 2.75) is 0 Å². The second kappa shape index (κ2) is 7.87. The first kappa shape index (κ1) is 17.7. The van der Waals surface area contributed by atoms with Gasteiger partial charge in [0.05, 0.1) is 11.6 Å². The summed E-state index contributed by atoms with van der Waals surface area (Å²) < 4.78 is 0. The van der Waals surface area contributed by atoms with Gasteiger partial charge in [-0.3, -0.25) is 4.79 Å². The van der Waals surface area contributed by atoms with E-state index in [9.17, 15) is 4.79 Å². The molecule has 0 aliphatic heterocycles. The van der Waals surface area contributed by atoms with Gasteiger partial charge in [0.15, 0.2) is 0 Å². The van der Waals surface area contributed by atoms with Crippen LogP contribution in [-0.4, -0.2) is 10.9 Å². The number of hydrogen-bond donors (Lipinski definition) is 2. The van der Waals surface area contributed by atoms with Gasteiger partial charge in [-0.25, -0.2) is 4.98 Å². The van der Waals surface area contributed by atoms with Crippen LogP contribution in [0, 0.1) is 11.3 Å². The van der Waals surface area contributed by atoms with Gasteiger partial charge in [-0.1, -0.05) is 23.2 Å². The van der Waals surface area contributed by atoms with Gasteiger partial charge in [-0.15, -0.1) is 0 Å². The van der Waals surface area contributed by atoms with Crippen LogP contribution in [0.15, 0.2) is 60.8 Å². The first-order valence-corrected chi connectivity index (χ1v) is 8.30. The number of pyridine rings is 1. The fraction of sp³-hybridized carbons (Fsp3) is 0. The van der Waals surface area contributed by atoms with Crippen LogP contribution in [0.4, 0.5) is 17.2 Å². The van der Waals surface area contributed by atoms with E-state index in [2.05, 4.69) is 21.7 Å². The number of anilines is 3. The third-order valence-corrected chi connectivity index (χ3v) is 3.87. The molecule has 3 aromatic rings. The van der Waals surface area contributed by atoms with Gasteiger partial charge in [-0.05, 0) is 54.6 Å². The molecule has 2 N–H and O–H groups in total. The lowest BCUT2D eigenvalue weighted by Crippen LogP contribution is -2.12. The molecule has 128 valence electrons. The molecule has 3 rings (SSSR count). The SMILES string of the molecule is N#Cc1ccc(Nc2cc(C(=O)Nc3cc(Cl)cc(Cl)c3)ccn2)cc1. The highest BCUT2D eigenvalue weighted by Crippen LogP contribution is 2.23. The van der Waals surface area contributed by atoms with Crippen molar-refractivity contribution in [2.24, 2.45) is 0 Å². The molecule has 0 unspecified atom stereocenters. The minimum atomic E-state index is -0.311. The van der Waals surface area contributed by atoms with Gasteiger partial charge in [0.2, 0.25) is 0 Å². The Bertz CT molecular complexity index is 977. The Balaban J connectivity index is 1.75. The molecule has 0 saturated carbocycles. The molecule has 0 fully saturated rings. The molecule has 0 aliphatic rings. The highest BCUT2D eigenvalue weighted by atomic mass is 35.5. The summed E-state index contributed by atoms with van der Waals surface area (Å²) in [7, 11) is 0. The molecule has 0 saturated heterocycles. The van der Waals surface area contributed by atoms with Crippen LogP contribution in [-0.2, 0) is 0 Å². The van der Waals surface area contributed by atoms with Crippen LogP contribution in [0.25, 0.3) is 0 Å². The van der Waals surface area contributed by atoms with Crippen LogP contribution in [0.1, 0.15) is 15.9 Å². The fourth-order valence-electron chi connectivity index (χ4n) is 2.25. The molecule has 0 spiro atoms. The Morgan fingerprint density at radius 1 is 0.962 bits per heavy atom. The summed E-state index contributed by atoms with van der Waals surface area (Å²) in [4.78, 5) is 16.6. The Morgan fingerprint density at radius 3 is 2.31 bits per heavy atom. The summed E-state index contributed by atoms with van der Waals surface area (Å²) in [5.41, 5.74) is 2.26. The van der Waals surface area contributed by atoms with Crippen molar-refractivity contribution in [1.82, 2.24) is 4.98 Å². The first-order chi connectivity index (χ1) is 12.5. The lowest BCUT2D eigenvalue weighted by atomic mass is 10.2. The number of nitrogens with zero attached hydrogens (tertiary/aromatic N) is 2. The molecular weight excluding hydrogens is 371 g/mol. The molecule has 1 amide bonds.